The summed E-state index contributed by atoms with van der Waals surface area (Å²) in [6.07, 6.45) is 2.67. The molecule has 0 aliphatic heterocycles. The molecule has 15 heavy (non-hydrogen) atoms. The Hall–Kier alpha value is -0.800. The monoisotopic (exact) mass is 208 g/mol. The maximum atomic E-state index is 5.70. The van der Waals surface area contributed by atoms with Crippen LogP contribution in [0.5, 0.6) is 0 Å². The van der Waals surface area contributed by atoms with Crippen molar-refractivity contribution >= 4 is 0 Å². The molecule has 0 unspecified atom stereocenters. The molecule has 1 saturated carbocycles. The summed E-state index contributed by atoms with van der Waals surface area (Å²) < 4.78 is 5.70. The molecule has 0 atom stereocenters. The lowest BCUT2D eigenvalue weighted by molar-refractivity contribution is 0.345. The van der Waals surface area contributed by atoms with Gasteiger partial charge in [-0.3, -0.25) is 0 Å². The van der Waals surface area contributed by atoms with Gasteiger partial charge in [0.05, 0.1) is 6.54 Å². The quantitative estimate of drug-likeness (QED) is 0.801. The van der Waals surface area contributed by atoms with Crippen LogP contribution in [0.1, 0.15) is 29.9 Å². The SMILES string of the molecule is Cc1oc(CN(C)C)cc1CNC1CC1. The molecule has 1 aromatic heterocycles. The molecule has 1 aliphatic carbocycles. The van der Waals surface area contributed by atoms with E-state index in [-0.39, 0.29) is 0 Å². The summed E-state index contributed by atoms with van der Waals surface area (Å²) in [5.74, 6) is 2.12. The normalized spacial score (nSPS) is 16.3. The van der Waals surface area contributed by atoms with Crippen LogP contribution in [0.3, 0.4) is 0 Å². The van der Waals surface area contributed by atoms with Crippen molar-refractivity contribution < 1.29 is 4.42 Å². The Kier molecular flexibility index (Phi) is 3.12. The summed E-state index contributed by atoms with van der Waals surface area (Å²) in [5, 5.41) is 3.51. The zero-order valence-electron chi connectivity index (χ0n) is 9.84. The van der Waals surface area contributed by atoms with E-state index in [2.05, 4.69) is 30.4 Å². The van der Waals surface area contributed by atoms with Gasteiger partial charge in [-0.1, -0.05) is 0 Å². The Balaban J connectivity index is 1.93. The Labute approximate surface area is 91.4 Å². The molecule has 0 radical (unpaired) electrons. The van der Waals surface area contributed by atoms with E-state index in [4.69, 9.17) is 4.42 Å². The number of nitrogens with one attached hydrogen (secondary N) is 1. The van der Waals surface area contributed by atoms with Gasteiger partial charge in [0, 0.05) is 18.2 Å². The van der Waals surface area contributed by atoms with Gasteiger partial charge in [-0.2, -0.15) is 0 Å². The van der Waals surface area contributed by atoms with Crippen molar-refractivity contribution in [2.24, 2.45) is 0 Å². The van der Waals surface area contributed by atoms with Gasteiger partial charge in [0.2, 0.25) is 0 Å². The highest BCUT2D eigenvalue weighted by atomic mass is 16.3. The zero-order valence-corrected chi connectivity index (χ0v) is 9.84. The summed E-state index contributed by atoms with van der Waals surface area (Å²) in [6.45, 7) is 3.88. The topological polar surface area (TPSA) is 28.4 Å². The fourth-order valence-corrected chi connectivity index (χ4v) is 1.69. The van der Waals surface area contributed by atoms with Gasteiger partial charge in [-0.25, -0.2) is 0 Å². The van der Waals surface area contributed by atoms with E-state index < -0.39 is 0 Å². The van der Waals surface area contributed by atoms with Gasteiger partial charge in [0.15, 0.2) is 0 Å². The van der Waals surface area contributed by atoms with E-state index in [0.717, 1.165) is 30.7 Å². The number of hydrogen-bond donors (Lipinski definition) is 1. The van der Waals surface area contributed by atoms with E-state index in [0.29, 0.717) is 0 Å². The fraction of sp³-hybridized carbons (Fsp3) is 0.667. The zero-order chi connectivity index (χ0) is 10.8. The standard InChI is InChI=1S/C12H20N2O/c1-9-10(7-13-11-4-5-11)6-12(15-9)8-14(2)3/h6,11,13H,4-5,7-8H2,1-3H3. The molecule has 0 amide bonds. The minimum absolute atomic E-state index is 0.761. The van der Waals surface area contributed by atoms with Crippen LogP contribution in [0.4, 0.5) is 0 Å². The van der Waals surface area contributed by atoms with Crippen LogP contribution in [-0.2, 0) is 13.1 Å². The number of aryl methyl sites for hydroxylation is 1. The fourth-order valence-electron chi connectivity index (χ4n) is 1.69. The van der Waals surface area contributed by atoms with Crippen molar-refractivity contribution in [3.63, 3.8) is 0 Å². The van der Waals surface area contributed by atoms with Gasteiger partial charge in [0.1, 0.15) is 11.5 Å². The molecule has 1 aromatic rings. The van der Waals surface area contributed by atoms with Gasteiger partial charge in [0.25, 0.3) is 0 Å². The summed E-state index contributed by atoms with van der Waals surface area (Å²) in [5.41, 5.74) is 1.30. The third-order valence-corrected chi connectivity index (χ3v) is 2.70. The van der Waals surface area contributed by atoms with Crippen molar-refractivity contribution in [1.82, 2.24) is 10.2 Å². The van der Waals surface area contributed by atoms with Gasteiger partial charge in [-0.05, 0) is 39.9 Å². The van der Waals surface area contributed by atoms with Crippen LogP contribution >= 0.6 is 0 Å². The number of rotatable bonds is 5. The molecule has 0 bridgehead atoms. The second-order valence-corrected chi connectivity index (χ2v) is 4.69. The van der Waals surface area contributed by atoms with E-state index in [9.17, 15) is 0 Å². The molecule has 0 aromatic carbocycles. The minimum Gasteiger partial charge on any atom is -0.465 e. The molecule has 84 valence electrons. The first-order valence-electron chi connectivity index (χ1n) is 5.61. The average molecular weight is 208 g/mol. The summed E-state index contributed by atoms with van der Waals surface area (Å²) >= 11 is 0. The first-order valence-corrected chi connectivity index (χ1v) is 5.61. The lowest BCUT2D eigenvalue weighted by Crippen LogP contribution is -2.15. The first-order chi connectivity index (χ1) is 7.15. The van der Waals surface area contributed by atoms with Crippen molar-refractivity contribution in [3.8, 4) is 0 Å². The summed E-state index contributed by atoms with van der Waals surface area (Å²) in [7, 11) is 4.11. The highest BCUT2D eigenvalue weighted by molar-refractivity contribution is 5.20. The molecule has 1 heterocycles. The molecular formula is C12H20N2O. The molecule has 1 aliphatic rings. The van der Waals surface area contributed by atoms with Crippen LogP contribution < -0.4 is 5.32 Å². The Morgan fingerprint density at radius 2 is 2.20 bits per heavy atom. The second-order valence-electron chi connectivity index (χ2n) is 4.69. The molecule has 3 nitrogen and oxygen atoms in total. The average Bonchev–Trinajstić information content (AvgIpc) is 2.89. The Morgan fingerprint density at radius 1 is 1.47 bits per heavy atom. The molecule has 1 N–H and O–H groups in total. The minimum atomic E-state index is 0.761. The lowest BCUT2D eigenvalue weighted by Gasteiger charge is -2.05. The largest absolute Gasteiger partial charge is 0.465 e. The number of furan rings is 1. The highest BCUT2D eigenvalue weighted by Gasteiger charge is 2.20. The lowest BCUT2D eigenvalue weighted by atomic mass is 10.2. The highest BCUT2D eigenvalue weighted by Crippen LogP contribution is 2.21. The summed E-state index contributed by atoms with van der Waals surface area (Å²) in [4.78, 5) is 2.12. The van der Waals surface area contributed by atoms with Crippen LogP contribution in [-0.4, -0.2) is 25.0 Å². The molecule has 1 fully saturated rings. The van der Waals surface area contributed by atoms with E-state index in [1.165, 1.54) is 18.4 Å². The van der Waals surface area contributed by atoms with E-state index in [1.807, 2.05) is 6.92 Å². The van der Waals surface area contributed by atoms with Crippen LogP contribution in [0.15, 0.2) is 10.5 Å². The number of hydrogen-bond acceptors (Lipinski definition) is 3. The van der Waals surface area contributed by atoms with Crippen molar-refractivity contribution in [1.29, 1.82) is 0 Å². The Bertz CT molecular complexity index is 326. The van der Waals surface area contributed by atoms with Gasteiger partial charge >= 0.3 is 0 Å². The molecule has 0 spiro atoms. The van der Waals surface area contributed by atoms with Crippen LogP contribution in [0, 0.1) is 6.92 Å². The number of nitrogens with zero attached hydrogens (tertiary/aromatic N) is 1. The molecule has 3 heteroatoms. The van der Waals surface area contributed by atoms with E-state index >= 15 is 0 Å². The molecule has 2 rings (SSSR count). The predicted molar refractivity (Wildman–Crippen MR) is 60.7 cm³/mol. The van der Waals surface area contributed by atoms with Gasteiger partial charge < -0.3 is 14.6 Å². The molecular weight excluding hydrogens is 188 g/mol. The maximum absolute atomic E-state index is 5.70. The summed E-state index contributed by atoms with van der Waals surface area (Å²) in [6, 6.07) is 2.93. The third-order valence-electron chi connectivity index (χ3n) is 2.70. The van der Waals surface area contributed by atoms with Crippen LogP contribution in [0.2, 0.25) is 0 Å². The van der Waals surface area contributed by atoms with Crippen LogP contribution in [0.25, 0.3) is 0 Å². The maximum Gasteiger partial charge on any atom is 0.118 e. The third kappa shape index (κ3) is 3.08. The predicted octanol–water partition coefficient (Wildman–Crippen LogP) is 1.90. The van der Waals surface area contributed by atoms with Crippen molar-refractivity contribution in [2.45, 2.75) is 38.9 Å². The van der Waals surface area contributed by atoms with Crippen molar-refractivity contribution in [2.75, 3.05) is 14.1 Å². The Morgan fingerprint density at radius 3 is 2.80 bits per heavy atom. The van der Waals surface area contributed by atoms with E-state index in [1.54, 1.807) is 0 Å². The van der Waals surface area contributed by atoms with Gasteiger partial charge in [-0.15, -0.1) is 0 Å². The molecule has 0 saturated heterocycles. The first kappa shape index (κ1) is 10.7. The van der Waals surface area contributed by atoms with Crippen molar-refractivity contribution in [3.05, 3.63) is 23.2 Å². The smallest absolute Gasteiger partial charge is 0.118 e. The second kappa shape index (κ2) is 4.37.